The Morgan fingerprint density at radius 1 is 1.38 bits per heavy atom. The van der Waals surface area contributed by atoms with Gasteiger partial charge < -0.3 is 0 Å². The number of Topliss-reactive ketones (excluding diaryl/α,β-unsaturated/α-hetero) is 1. The molecule has 0 heterocycles. The summed E-state index contributed by atoms with van der Waals surface area (Å²) >= 11 is 0. The Morgan fingerprint density at radius 3 is 2.46 bits per heavy atom. The minimum absolute atomic E-state index is 0.250. The standard InChI is InChI=1S/C12H20O/c1-5-10-7-11(6-2)9(4)12(13)8(10)3/h8,10H,5-7H2,1-4H3. The van der Waals surface area contributed by atoms with Crippen LogP contribution in [0.4, 0.5) is 0 Å². The Bertz CT molecular complexity index is 238. The molecule has 1 aliphatic rings. The number of carbonyl (C=O) groups excluding carboxylic acids is 1. The number of hydrogen-bond donors (Lipinski definition) is 0. The molecule has 0 aromatic carbocycles. The smallest absolute Gasteiger partial charge is 0.161 e. The van der Waals surface area contributed by atoms with E-state index in [4.69, 9.17) is 0 Å². The van der Waals surface area contributed by atoms with Crippen molar-refractivity contribution in [2.75, 3.05) is 0 Å². The molecular weight excluding hydrogens is 160 g/mol. The van der Waals surface area contributed by atoms with Gasteiger partial charge in [-0.15, -0.1) is 0 Å². The molecule has 0 N–H and O–H groups in total. The van der Waals surface area contributed by atoms with Crippen LogP contribution in [0.3, 0.4) is 0 Å². The molecule has 1 nitrogen and oxygen atoms in total. The molecule has 74 valence electrons. The van der Waals surface area contributed by atoms with Crippen LogP contribution in [0.1, 0.15) is 47.0 Å². The Kier molecular flexibility index (Phi) is 3.29. The van der Waals surface area contributed by atoms with Gasteiger partial charge in [0.2, 0.25) is 0 Å². The van der Waals surface area contributed by atoms with Crippen molar-refractivity contribution in [2.45, 2.75) is 47.0 Å². The first-order valence-electron chi connectivity index (χ1n) is 5.34. The van der Waals surface area contributed by atoms with Crippen molar-refractivity contribution in [3.8, 4) is 0 Å². The summed E-state index contributed by atoms with van der Waals surface area (Å²) in [7, 11) is 0. The zero-order valence-corrected chi connectivity index (χ0v) is 9.18. The van der Waals surface area contributed by atoms with E-state index in [1.165, 1.54) is 5.57 Å². The molecule has 2 atom stereocenters. The lowest BCUT2D eigenvalue weighted by Crippen LogP contribution is -2.27. The third-order valence-corrected chi connectivity index (χ3v) is 3.48. The van der Waals surface area contributed by atoms with Gasteiger partial charge >= 0.3 is 0 Å². The molecule has 13 heavy (non-hydrogen) atoms. The summed E-state index contributed by atoms with van der Waals surface area (Å²) < 4.78 is 0. The van der Waals surface area contributed by atoms with Crippen molar-refractivity contribution in [1.29, 1.82) is 0 Å². The summed E-state index contributed by atoms with van der Waals surface area (Å²) in [5.41, 5.74) is 2.43. The lowest BCUT2D eigenvalue weighted by molar-refractivity contribution is -0.121. The summed E-state index contributed by atoms with van der Waals surface area (Å²) in [6, 6.07) is 0. The first-order valence-corrected chi connectivity index (χ1v) is 5.34. The van der Waals surface area contributed by atoms with E-state index in [9.17, 15) is 4.79 Å². The average Bonchev–Trinajstić information content (AvgIpc) is 2.15. The minimum Gasteiger partial charge on any atom is -0.294 e. The maximum atomic E-state index is 11.8. The maximum absolute atomic E-state index is 11.8. The molecule has 1 heteroatoms. The second-order valence-electron chi connectivity index (χ2n) is 4.11. The fraction of sp³-hybridized carbons (Fsp3) is 0.750. The summed E-state index contributed by atoms with van der Waals surface area (Å²) in [4.78, 5) is 11.8. The minimum atomic E-state index is 0.250. The van der Waals surface area contributed by atoms with Crippen LogP contribution in [0.2, 0.25) is 0 Å². The summed E-state index contributed by atoms with van der Waals surface area (Å²) in [6.45, 7) is 8.40. The lowest BCUT2D eigenvalue weighted by atomic mass is 9.74. The van der Waals surface area contributed by atoms with Gasteiger partial charge in [0.15, 0.2) is 5.78 Å². The van der Waals surface area contributed by atoms with Gasteiger partial charge in [-0.05, 0) is 31.3 Å². The van der Waals surface area contributed by atoms with E-state index in [0.29, 0.717) is 11.7 Å². The van der Waals surface area contributed by atoms with Gasteiger partial charge in [0, 0.05) is 5.92 Å². The summed E-state index contributed by atoms with van der Waals surface area (Å²) in [6.07, 6.45) is 3.32. The third kappa shape index (κ3) is 1.84. The van der Waals surface area contributed by atoms with Crippen LogP contribution in [0, 0.1) is 11.8 Å². The molecule has 0 bridgehead atoms. The van der Waals surface area contributed by atoms with Crippen molar-refractivity contribution >= 4 is 5.78 Å². The SMILES string of the molecule is CCC1=C(C)C(=O)C(C)C(CC)C1. The van der Waals surface area contributed by atoms with E-state index in [0.717, 1.165) is 24.8 Å². The first-order chi connectivity index (χ1) is 6.11. The molecular formula is C12H20O. The largest absolute Gasteiger partial charge is 0.294 e. The van der Waals surface area contributed by atoms with Crippen LogP contribution in [0.15, 0.2) is 11.1 Å². The van der Waals surface area contributed by atoms with Crippen molar-refractivity contribution < 1.29 is 4.79 Å². The topological polar surface area (TPSA) is 17.1 Å². The predicted molar refractivity (Wildman–Crippen MR) is 55.6 cm³/mol. The second kappa shape index (κ2) is 4.08. The fourth-order valence-electron chi connectivity index (χ4n) is 2.28. The molecule has 0 spiro atoms. The Morgan fingerprint density at radius 2 is 2.00 bits per heavy atom. The Hall–Kier alpha value is -0.590. The molecule has 0 amide bonds. The number of allylic oxidation sites excluding steroid dienone is 2. The van der Waals surface area contributed by atoms with E-state index >= 15 is 0 Å². The van der Waals surface area contributed by atoms with Gasteiger partial charge in [-0.1, -0.05) is 32.8 Å². The molecule has 0 aliphatic heterocycles. The molecule has 0 saturated carbocycles. The van der Waals surface area contributed by atoms with Gasteiger partial charge in [0.25, 0.3) is 0 Å². The van der Waals surface area contributed by atoms with Crippen LogP contribution < -0.4 is 0 Å². The first kappa shape index (κ1) is 10.5. The lowest BCUT2D eigenvalue weighted by Gasteiger charge is -2.29. The number of rotatable bonds is 2. The van der Waals surface area contributed by atoms with Gasteiger partial charge in [-0.25, -0.2) is 0 Å². The molecule has 0 aromatic rings. The zero-order valence-electron chi connectivity index (χ0n) is 9.18. The number of carbonyl (C=O) groups is 1. The van der Waals surface area contributed by atoms with Crippen molar-refractivity contribution in [3.05, 3.63) is 11.1 Å². The highest BCUT2D eigenvalue weighted by Gasteiger charge is 2.30. The molecule has 0 saturated heterocycles. The second-order valence-corrected chi connectivity index (χ2v) is 4.11. The molecule has 2 unspecified atom stereocenters. The van der Waals surface area contributed by atoms with Crippen LogP contribution in [0.25, 0.3) is 0 Å². The van der Waals surface area contributed by atoms with E-state index in [-0.39, 0.29) is 5.92 Å². The zero-order chi connectivity index (χ0) is 10.0. The van der Waals surface area contributed by atoms with E-state index in [2.05, 4.69) is 20.8 Å². The van der Waals surface area contributed by atoms with E-state index < -0.39 is 0 Å². The summed E-state index contributed by atoms with van der Waals surface area (Å²) in [5, 5.41) is 0. The molecule has 0 aromatic heterocycles. The van der Waals surface area contributed by atoms with Crippen LogP contribution in [-0.4, -0.2) is 5.78 Å². The van der Waals surface area contributed by atoms with Crippen molar-refractivity contribution in [2.24, 2.45) is 11.8 Å². The maximum Gasteiger partial charge on any atom is 0.161 e. The molecule has 1 rings (SSSR count). The van der Waals surface area contributed by atoms with Crippen LogP contribution in [-0.2, 0) is 4.79 Å². The van der Waals surface area contributed by atoms with Gasteiger partial charge in [-0.3, -0.25) is 4.79 Å². The molecule has 1 aliphatic carbocycles. The third-order valence-electron chi connectivity index (χ3n) is 3.48. The highest BCUT2D eigenvalue weighted by atomic mass is 16.1. The van der Waals surface area contributed by atoms with E-state index in [1.807, 2.05) is 6.92 Å². The average molecular weight is 180 g/mol. The monoisotopic (exact) mass is 180 g/mol. The number of ketones is 1. The Labute approximate surface area is 81.2 Å². The predicted octanol–water partition coefficient (Wildman–Crippen LogP) is 3.35. The molecule has 0 radical (unpaired) electrons. The van der Waals surface area contributed by atoms with Gasteiger partial charge in [-0.2, -0.15) is 0 Å². The number of hydrogen-bond acceptors (Lipinski definition) is 1. The highest BCUT2D eigenvalue weighted by Crippen LogP contribution is 2.34. The normalized spacial score (nSPS) is 29.7. The van der Waals surface area contributed by atoms with Crippen molar-refractivity contribution in [1.82, 2.24) is 0 Å². The molecule has 0 fully saturated rings. The Balaban J connectivity index is 2.93. The van der Waals surface area contributed by atoms with Gasteiger partial charge in [0.05, 0.1) is 0 Å². The van der Waals surface area contributed by atoms with Crippen molar-refractivity contribution in [3.63, 3.8) is 0 Å². The quantitative estimate of drug-likeness (QED) is 0.637. The fourth-order valence-corrected chi connectivity index (χ4v) is 2.28. The summed E-state index contributed by atoms with van der Waals surface area (Å²) in [5.74, 6) is 1.22. The van der Waals surface area contributed by atoms with Gasteiger partial charge in [0.1, 0.15) is 0 Å². The van der Waals surface area contributed by atoms with E-state index in [1.54, 1.807) is 0 Å². The highest BCUT2D eigenvalue weighted by molar-refractivity contribution is 5.98. The van der Waals surface area contributed by atoms with Crippen LogP contribution >= 0.6 is 0 Å². The van der Waals surface area contributed by atoms with Crippen LogP contribution in [0.5, 0.6) is 0 Å².